The average Bonchev–Trinajstić information content (AvgIpc) is 3.06. The SMILES string of the molecule is O=C(Oc1c(O)c(O)c(C(=O)c2ccccc2)c(C(=O)OCc2ccccc2)c1C(=O)c1ccc(O)cc1)c1ccccc1. The van der Waals surface area contributed by atoms with Crippen molar-refractivity contribution in [3.8, 4) is 23.0 Å². The van der Waals surface area contributed by atoms with Gasteiger partial charge in [0.2, 0.25) is 5.75 Å². The molecule has 0 saturated heterocycles. The first-order chi connectivity index (χ1) is 21.3. The molecule has 0 radical (unpaired) electrons. The second kappa shape index (κ2) is 12.7. The standard InChI is InChI=1S/C35H24O9/c36-25-18-16-23(17-19-25)30(38)28-26(35(42)43-20-21-10-4-1-5-11-21)27(29(37)22-12-6-2-7-13-22)31(39)32(40)33(28)44-34(41)24-14-8-3-9-15-24/h1-19,36,39-40H,20H2. The Morgan fingerprint density at radius 3 is 1.59 bits per heavy atom. The van der Waals surface area contributed by atoms with Gasteiger partial charge in [-0.3, -0.25) is 9.59 Å². The predicted octanol–water partition coefficient (Wildman–Crippen LogP) is 5.84. The van der Waals surface area contributed by atoms with E-state index in [2.05, 4.69) is 0 Å². The number of carbonyl (C=O) groups is 4. The summed E-state index contributed by atoms with van der Waals surface area (Å²) >= 11 is 0. The second-order valence-electron chi connectivity index (χ2n) is 9.54. The maximum absolute atomic E-state index is 14.1. The minimum atomic E-state index is -1.21. The fourth-order valence-electron chi connectivity index (χ4n) is 4.45. The summed E-state index contributed by atoms with van der Waals surface area (Å²) in [5.41, 5.74) is -1.61. The van der Waals surface area contributed by atoms with Gasteiger partial charge in [-0.1, -0.05) is 78.9 Å². The highest BCUT2D eigenvalue weighted by molar-refractivity contribution is 6.24. The Bertz CT molecular complexity index is 1850. The molecule has 5 aromatic carbocycles. The Morgan fingerprint density at radius 2 is 1.00 bits per heavy atom. The van der Waals surface area contributed by atoms with Crippen molar-refractivity contribution < 1.29 is 44.0 Å². The Morgan fingerprint density at radius 1 is 0.500 bits per heavy atom. The number of esters is 2. The highest BCUT2D eigenvalue weighted by atomic mass is 16.5. The van der Waals surface area contributed by atoms with Gasteiger partial charge in [0, 0.05) is 11.1 Å². The van der Waals surface area contributed by atoms with Gasteiger partial charge in [-0.2, -0.15) is 0 Å². The molecule has 218 valence electrons. The van der Waals surface area contributed by atoms with E-state index in [0.29, 0.717) is 5.56 Å². The van der Waals surface area contributed by atoms with Crippen LogP contribution in [0.2, 0.25) is 0 Å². The molecule has 3 N–H and O–H groups in total. The lowest BCUT2D eigenvalue weighted by Gasteiger charge is -2.20. The van der Waals surface area contributed by atoms with Crippen LogP contribution in [0.3, 0.4) is 0 Å². The summed E-state index contributed by atoms with van der Waals surface area (Å²) in [4.78, 5) is 54.9. The van der Waals surface area contributed by atoms with Gasteiger partial charge in [0.1, 0.15) is 12.4 Å². The lowest BCUT2D eigenvalue weighted by molar-refractivity contribution is 0.0464. The Labute approximate surface area is 251 Å². The number of phenols is 3. The van der Waals surface area contributed by atoms with Gasteiger partial charge in [-0.25, -0.2) is 9.59 Å². The van der Waals surface area contributed by atoms with Gasteiger partial charge >= 0.3 is 11.9 Å². The van der Waals surface area contributed by atoms with Crippen LogP contribution in [-0.2, 0) is 11.3 Å². The molecule has 0 fully saturated rings. The van der Waals surface area contributed by atoms with Crippen LogP contribution in [0, 0.1) is 0 Å². The van der Waals surface area contributed by atoms with Crippen molar-refractivity contribution in [1.29, 1.82) is 0 Å². The quantitative estimate of drug-likeness (QED) is 0.0836. The maximum Gasteiger partial charge on any atom is 0.343 e. The Balaban J connectivity index is 1.76. The average molecular weight is 589 g/mol. The number of aromatic hydroxyl groups is 3. The fraction of sp³-hybridized carbons (Fsp3) is 0.0286. The van der Waals surface area contributed by atoms with Crippen LogP contribution in [0.25, 0.3) is 0 Å². The number of phenolic OH excluding ortho intramolecular Hbond substituents is 3. The van der Waals surface area contributed by atoms with Crippen molar-refractivity contribution in [2.24, 2.45) is 0 Å². The molecule has 44 heavy (non-hydrogen) atoms. The van der Waals surface area contributed by atoms with Crippen molar-refractivity contribution in [3.63, 3.8) is 0 Å². The molecule has 0 heterocycles. The summed E-state index contributed by atoms with van der Waals surface area (Å²) < 4.78 is 11.0. The minimum absolute atomic E-state index is 0.0244. The number of ketones is 2. The zero-order valence-corrected chi connectivity index (χ0v) is 23.0. The van der Waals surface area contributed by atoms with E-state index in [1.165, 1.54) is 48.5 Å². The molecule has 0 spiro atoms. The molecule has 0 aliphatic heterocycles. The van der Waals surface area contributed by atoms with Gasteiger partial charge in [-0.05, 0) is 42.0 Å². The molecule has 0 aliphatic rings. The molecule has 0 saturated carbocycles. The fourth-order valence-corrected chi connectivity index (χ4v) is 4.45. The number of ether oxygens (including phenoxy) is 2. The summed E-state index contributed by atoms with van der Waals surface area (Å²) in [5.74, 6) is -7.33. The molecular weight excluding hydrogens is 564 g/mol. The highest BCUT2D eigenvalue weighted by Gasteiger charge is 2.37. The van der Waals surface area contributed by atoms with Crippen LogP contribution < -0.4 is 4.74 Å². The van der Waals surface area contributed by atoms with E-state index in [1.54, 1.807) is 66.7 Å². The zero-order valence-electron chi connectivity index (χ0n) is 23.0. The number of benzene rings is 5. The van der Waals surface area contributed by atoms with Crippen LogP contribution in [0.5, 0.6) is 23.0 Å². The molecule has 0 amide bonds. The second-order valence-corrected chi connectivity index (χ2v) is 9.54. The van der Waals surface area contributed by atoms with E-state index in [-0.39, 0.29) is 29.0 Å². The third kappa shape index (κ3) is 6.02. The maximum atomic E-state index is 14.1. The van der Waals surface area contributed by atoms with Crippen LogP contribution in [0.15, 0.2) is 115 Å². The summed E-state index contributed by atoms with van der Waals surface area (Å²) in [6.07, 6.45) is 0. The Kier molecular flexibility index (Phi) is 8.48. The molecule has 0 atom stereocenters. The van der Waals surface area contributed by atoms with Crippen LogP contribution in [0.4, 0.5) is 0 Å². The third-order valence-electron chi connectivity index (χ3n) is 6.64. The molecule has 0 bridgehead atoms. The normalized spacial score (nSPS) is 10.5. The smallest absolute Gasteiger partial charge is 0.343 e. The van der Waals surface area contributed by atoms with E-state index in [9.17, 15) is 34.5 Å². The molecule has 9 heteroatoms. The summed E-state index contributed by atoms with van der Waals surface area (Å²) in [6.45, 7) is -0.272. The number of hydrogen-bond acceptors (Lipinski definition) is 9. The first-order valence-corrected chi connectivity index (χ1v) is 13.3. The lowest BCUT2D eigenvalue weighted by Crippen LogP contribution is -2.21. The van der Waals surface area contributed by atoms with E-state index < -0.39 is 57.4 Å². The van der Waals surface area contributed by atoms with Crippen molar-refractivity contribution in [2.45, 2.75) is 6.61 Å². The molecule has 5 aromatic rings. The van der Waals surface area contributed by atoms with Gasteiger partial charge in [-0.15, -0.1) is 0 Å². The zero-order chi connectivity index (χ0) is 31.2. The summed E-state index contributed by atoms with van der Waals surface area (Å²) in [5, 5.41) is 32.2. The van der Waals surface area contributed by atoms with Crippen molar-refractivity contribution in [2.75, 3.05) is 0 Å². The molecule has 9 nitrogen and oxygen atoms in total. The van der Waals surface area contributed by atoms with Crippen molar-refractivity contribution in [3.05, 3.63) is 154 Å². The van der Waals surface area contributed by atoms with Crippen molar-refractivity contribution in [1.82, 2.24) is 0 Å². The predicted molar refractivity (Wildman–Crippen MR) is 158 cm³/mol. The largest absolute Gasteiger partial charge is 0.508 e. The topological polar surface area (TPSA) is 147 Å². The van der Waals surface area contributed by atoms with Crippen LogP contribution in [-0.4, -0.2) is 38.8 Å². The first kappa shape index (κ1) is 29.3. The van der Waals surface area contributed by atoms with Crippen molar-refractivity contribution >= 4 is 23.5 Å². The Hall–Kier alpha value is -6.22. The summed E-state index contributed by atoms with van der Waals surface area (Å²) in [6, 6.07) is 28.7. The number of hydrogen-bond donors (Lipinski definition) is 3. The van der Waals surface area contributed by atoms with Gasteiger partial charge in [0.15, 0.2) is 23.1 Å². The van der Waals surface area contributed by atoms with Gasteiger partial charge in [0.25, 0.3) is 0 Å². The van der Waals surface area contributed by atoms with E-state index >= 15 is 0 Å². The molecule has 5 rings (SSSR count). The lowest BCUT2D eigenvalue weighted by atomic mass is 9.88. The van der Waals surface area contributed by atoms with E-state index in [1.807, 2.05) is 0 Å². The van der Waals surface area contributed by atoms with E-state index in [4.69, 9.17) is 9.47 Å². The van der Waals surface area contributed by atoms with Gasteiger partial charge in [0.05, 0.1) is 22.3 Å². The monoisotopic (exact) mass is 588 g/mol. The van der Waals surface area contributed by atoms with Crippen LogP contribution in [0.1, 0.15) is 58.1 Å². The molecule has 0 unspecified atom stereocenters. The first-order valence-electron chi connectivity index (χ1n) is 13.3. The summed E-state index contributed by atoms with van der Waals surface area (Å²) in [7, 11) is 0. The van der Waals surface area contributed by atoms with Crippen LogP contribution >= 0.6 is 0 Å². The molecule has 0 aromatic heterocycles. The van der Waals surface area contributed by atoms with Gasteiger partial charge < -0.3 is 24.8 Å². The highest BCUT2D eigenvalue weighted by Crippen LogP contribution is 2.46. The number of rotatable bonds is 9. The van der Waals surface area contributed by atoms with E-state index in [0.717, 1.165) is 0 Å². The third-order valence-corrected chi connectivity index (χ3v) is 6.64. The number of carbonyl (C=O) groups excluding carboxylic acids is 4. The minimum Gasteiger partial charge on any atom is -0.508 e. The molecule has 0 aliphatic carbocycles. The molecular formula is C35H24O9.